The van der Waals surface area contributed by atoms with Gasteiger partial charge in [0.25, 0.3) is 0 Å². The number of hydrogen-bond acceptors (Lipinski definition) is 3. The van der Waals surface area contributed by atoms with Crippen LogP contribution >= 0.6 is 0 Å². The van der Waals surface area contributed by atoms with Gasteiger partial charge in [0.2, 0.25) is 5.91 Å². The molecule has 0 aliphatic carbocycles. The van der Waals surface area contributed by atoms with Crippen LogP contribution in [0.3, 0.4) is 0 Å². The summed E-state index contributed by atoms with van der Waals surface area (Å²) in [5.41, 5.74) is 3.29. The van der Waals surface area contributed by atoms with Crippen molar-refractivity contribution in [2.24, 2.45) is 0 Å². The molecule has 23 heavy (non-hydrogen) atoms. The largest absolute Gasteiger partial charge is 0.351 e. The Morgan fingerprint density at radius 2 is 2.04 bits per heavy atom. The topological polar surface area (TPSA) is 45.2 Å². The maximum atomic E-state index is 12.5. The molecule has 0 radical (unpaired) electrons. The first-order chi connectivity index (χ1) is 11.2. The first kappa shape index (κ1) is 15.7. The van der Waals surface area contributed by atoms with E-state index in [1.807, 2.05) is 43.5 Å². The number of carbonyl (C=O) groups excluding carboxylic acids is 1. The second-order valence-electron chi connectivity index (χ2n) is 6.14. The fourth-order valence-corrected chi connectivity index (χ4v) is 3.04. The van der Waals surface area contributed by atoms with Crippen LogP contribution in [0.5, 0.6) is 0 Å². The van der Waals surface area contributed by atoms with E-state index in [-0.39, 0.29) is 11.9 Å². The third-order valence-electron chi connectivity index (χ3n) is 4.33. The molecule has 1 fully saturated rings. The summed E-state index contributed by atoms with van der Waals surface area (Å²) in [6, 6.07) is 14.3. The van der Waals surface area contributed by atoms with Gasteiger partial charge in [-0.25, -0.2) is 0 Å². The van der Waals surface area contributed by atoms with Crippen LogP contribution in [0.2, 0.25) is 0 Å². The van der Waals surface area contributed by atoms with E-state index < -0.39 is 0 Å². The van der Waals surface area contributed by atoms with E-state index in [4.69, 9.17) is 0 Å². The molecule has 2 heterocycles. The van der Waals surface area contributed by atoms with Crippen LogP contribution in [-0.2, 0) is 17.9 Å². The van der Waals surface area contributed by atoms with Gasteiger partial charge in [0.05, 0.1) is 6.04 Å². The molecule has 1 saturated heterocycles. The Labute approximate surface area is 137 Å². The molecule has 0 bridgehead atoms. The zero-order valence-electron chi connectivity index (χ0n) is 13.5. The minimum Gasteiger partial charge on any atom is -0.351 e. The highest BCUT2D eigenvalue weighted by Crippen LogP contribution is 2.20. The Hall–Kier alpha value is -2.20. The highest BCUT2D eigenvalue weighted by molar-refractivity contribution is 5.82. The minimum atomic E-state index is -0.0198. The van der Waals surface area contributed by atoms with Crippen LogP contribution in [0.25, 0.3) is 0 Å². The average Bonchev–Trinajstić information content (AvgIpc) is 3.03. The molecule has 4 heteroatoms. The molecule has 1 aliphatic rings. The van der Waals surface area contributed by atoms with E-state index in [0.29, 0.717) is 6.54 Å². The van der Waals surface area contributed by atoms with Gasteiger partial charge in [-0.1, -0.05) is 36.4 Å². The summed E-state index contributed by atoms with van der Waals surface area (Å²) < 4.78 is 0. The fourth-order valence-electron chi connectivity index (χ4n) is 3.04. The Bertz CT molecular complexity index is 639. The fraction of sp³-hybridized carbons (Fsp3) is 0.368. The molecule has 3 rings (SSSR count). The lowest BCUT2D eigenvalue weighted by Crippen LogP contribution is -2.42. The number of rotatable bonds is 5. The maximum absolute atomic E-state index is 12.5. The summed E-state index contributed by atoms with van der Waals surface area (Å²) in [6.07, 6.45) is 3.84. The molecule has 2 aromatic rings. The summed E-state index contributed by atoms with van der Waals surface area (Å²) >= 11 is 0. The lowest BCUT2D eigenvalue weighted by Gasteiger charge is -2.23. The van der Waals surface area contributed by atoms with Crippen LogP contribution in [-0.4, -0.2) is 28.4 Å². The molecule has 1 aromatic carbocycles. The molecule has 1 atom stereocenters. The summed E-state index contributed by atoms with van der Waals surface area (Å²) in [7, 11) is 0. The van der Waals surface area contributed by atoms with Gasteiger partial charge in [0.1, 0.15) is 0 Å². The van der Waals surface area contributed by atoms with Crippen molar-refractivity contribution >= 4 is 5.91 Å². The molecule has 0 unspecified atom stereocenters. The van der Waals surface area contributed by atoms with Crippen LogP contribution in [0.15, 0.2) is 48.7 Å². The number of amides is 1. The van der Waals surface area contributed by atoms with Crippen molar-refractivity contribution in [3.8, 4) is 0 Å². The minimum absolute atomic E-state index is 0.0198. The van der Waals surface area contributed by atoms with Gasteiger partial charge in [-0.3, -0.25) is 14.7 Å². The molecule has 120 valence electrons. The van der Waals surface area contributed by atoms with Gasteiger partial charge in [-0.15, -0.1) is 0 Å². The summed E-state index contributed by atoms with van der Waals surface area (Å²) in [4.78, 5) is 19.1. The molecular weight excluding hydrogens is 286 g/mol. The Kier molecular flexibility index (Phi) is 5.03. The number of aryl methyl sites for hydroxylation is 1. The van der Waals surface area contributed by atoms with E-state index >= 15 is 0 Å². The lowest BCUT2D eigenvalue weighted by molar-refractivity contribution is -0.125. The van der Waals surface area contributed by atoms with Gasteiger partial charge in [0.15, 0.2) is 0 Å². The number of carbonyl (C=O) groups is 1. The summed E-state index contributed by atoms with van der Waals surface area (Å²) in [5.74, 6) is 0.124. The van der Waals surface area contributed by atoms with Gasteiger partial charge < -0.3 is 5.32 Å². The Balaban J connectivity index is 1.56. The van der Waals surface area contributed by atoms with Crippen molar-refractivity contribution in [2.45, 2.75) is 38.9 Å². The quantitative estimate of drug-likeness (QED) is 0.923. The second kappa shape index (κ2) is 7.38. The van der Waals surface area contributed by atoms with Crippen LogP contribution < -0.4 is 5.32 Å². The zero-order valence-corrected chi connectivity index (χ0v) is 13.5. The molecule has 4 nitrogen and oxygen atoms in total. The van der Waals surface area contributed by atoms with Crippen molar-refractivity contribution < 1.29 is 4.79 Å². The van der Waals surface area contributed by atoms with Crippen LogP contribution in [0, 0.1) is 6.92 Å². The van der Waals surface area contributed by atoms with Crippen molar-refractivity contribution in [3.63, 3.8) is 0 Å². The van der Waals surface area contributed by atoms with Crippen molar-refractivity contribution in [1.29, 1.82) is 0 Å². The van der Waals surface area contributed by atoms with E-state index in [9.17, 15) is 4.79 Å². The SMILES string of the molecule is Cc1ccc(CNC(=O)[C@@H]2CCCN2Cc2ccccc2)cn1. The van der Waals surface area contributed by atoms with Crippen LogP contribution in [0.4, 0.5) is 0 Å². The van der Waals surface area contributed by atoms with E-state index in [1.54, 1.807) is 0 Å². The van der Waals surface area contributed by atoms with Gasteiger partial charge >= 0.3 is 0 Å². The van der Waals surface area contributed by atoms with Gasteiger partial charge in [0, 0.05) is 25.0 Å². The molecular formula is C19H23N3O. The van der Waals surface area contributed by atoms with Crippen molar-refractivity contribution in [2.75, 3.05) is 6.54 Å². The number of likely N-dealkylation sites (tertiary alicyclic amines) is 1. The highest BCUT2D eigenvalue weighted by atomic mass is 16.2. The number of hydrogen-bond donors (Lipinski definition) is 1. The van der Waals surface area contributed by atoms with Gasteiger partial charge in [-0.2, -0.15) is 0 Å². The number of aromatic nitrogens is 1. The number of nitrogens with zero attached hydrogens (tertiary/aromatic N) is 2. The van der Waals surface area contributed by atoms with Gasteiger partial charge in [-0.05, 0) is 43.5 Å². The standard InChI is InChI=1S/C19H23N3O/c1-15-9-10-17(12-20-15)13-21-19(23)18-8-5-11-22(18)14-16-6-3-2-4-7-16/h2-4,6-7,9-10,12,18H,5,8,11,13-14H2,1H3,(H,21,23)/t18-/m0/s1. The monoisotopic (exact) mass is 309 g/mol. The molecule has 1 N–H and O–H groups in total. The Morgan fingerprint density at radius 1 is 1.22 bits per heavy atom. The number of nitrogens with one attached hydrogen (secondary N) is 1. The molecule has 1 aliphatic heterocycles. The van der Waals surface area contributed by atoms with Crippen molar-refractivity contribution in [3.05, 3.63) is 65.5 Å². The predicted octanol–water partition coefficient (Wildman–Crippen LogP) is 2.67. The Morgan fingerprint density at radius 3 is 2.78 bits per heavy atom. The van der Waals surface area contributed by atoms with E-state index in [2.05, 4.69) is 27.3 Å². The molecule has 0 spiro atoms. The smallest absolute Gasteiger partial charge is 0.237 e. The van der Waals surface area contributed by atoms with E-state index in [0.717, 1.165) is 37.2 Å². The van der Waals surface area contributed by atoms with E-state index in [1.165, 1.54) is 5.56 Å². The average molecular weight is 309 g/mol. The summed E-state index contributed by atoms with van der Waals surface area (Å²) in [5, 5.41) is 3.06. The third-order valence-corrected chi connectivity index (χ3v) is 4.33. The number of pyridine rings is 1. The molecule has 0 saturated carbocycles. The second-order valence-corrected chi connectivity index (χ2v) is 6.14. The molecule has 1 amide bonds. The maximum Gasteiger partial charge on any atom is 0.237 e. The highest BCUT2D eigenvalue weighted by Gasteiger charge is 2.30. The first-order valence-corrected chi connectivity index (χ1v) is 8.19. The first-order valence-electron chi connectivity index (χ1n) is 8.19. The van der Waals surface area contributed by atoms with Crippen molar-refractivity contribution in [1.82, 2.24) is 15.2 Å². The zero-order chi connectivity index (χ0) is 16.1. The third kappa shape index (κ3) is 4.17. The predicted molar refractivity (Wildman–Crippen MR) is 90.7 cm³/mol. The molecule has 1 aromatic heterocycles. The van der Waals surface area contributed by atoms with Crippen LogP contribution in [0.1, 0.15) is 29.7 Å². The number of benzene rings is 1. The normalized spacial score (nSPS) is 18.0. The summed E-state index contributed by atoms with van der Waals surface area (Å²) in [6.45, 7) is 4.33. The lowest BCUT2D eigenvalue weighted by atomic mass is 10.1.